The van der Waals surface area contributed by atoms with Crippen molar-refractivity contribution in [1.82, 2.24) is 10.4 Å². The van der Waals surface area contributed by atoms with Crippen LogP contribution in [0.5, 0.6) is 0 Å². The highest BCUT2D eigenvalue weighted by Gasteiger charge is 2.14. The molecule has 0 saturated carbocycles. The molecular weight excluding hydrogens is 298 g/mol. The number of nitrogens with one attached hydrogen (secondary N) is 2. The Bertz CT molecular complexity index is 678. The summed E-state index contributed by atoms with van der Waals surface area (Å²) in [4.78, 5) is 23.9. The number of hydrogen-bond acceptors (Lipinski definition) is 4. The number of hydrazine groups is 1. The number of hydrogen-bond donors (Lipinski definition) is 2. The SMILES string of the molecule is CN(C)NC(=O)c1ccsc1NC(=O)C=Cc1ccccc1. The normalized spacial score (nSPS) is 10.9. The fraction of sp³-hybridized carbons (Fsp3) is 0.125. The van der Waals surface area contributed by atoms with Crippen LogP contribution in [0, 0.1) is 0 Å². The molecule has 5 nitrogen and oxygen atoms in total. The van der Waals surface area contributed by atoms with Crippen LogP contribution in [0.15, 0.2) is 47.9 Å². The first-order valence-corrected chi connectivity index (χ1v) is 7.54. The Morgan fingerprint density at radius 1 is 1.14 bits per heavy atom. The van der Waals surface area contributed by atoms with E-state index < -0.39 is 0 Å². The van der Waals surface area contributed by atoms with Crippen molar-refractivity contribution in [3.8, 4) is 0 Å². The molecule has 0 aliphatic carbocycles. The van der Waals surface area contributed by atoms with Gasteiger partial charge in [-0.05, 0) is 23.1 Å². The second-order valence-corrected chi connectivity index (χ2v) is 5.65. The lowest BCUT2D eigenvalue weighted by atomic mass is 10.2. The Morgan fingerprint density at radius 2 is 1.86 bits per heavy atom. The molecule has 0 saturated heterocycles. The lowest BCUT2D eigenvalue weighted by molar-refractivity contribution is -0.111. The molecule has 0 aliphatic rings. The van der Waals surface area contributed by atoms with Crippen LogP contribution in [-0.4, -0.2) is 30.9 Å². The van der Waals surface area contributed by atoms with Gasteiger partial charge in [-0.25, -0.2) is 5.01 Å². The summed E-state index contributed by atoms with van der Waals surface area (Å²) >= 11 is 1.31. The number of anilines is 1. The zero-order valence-corrected chi connectivity index (χ0v) is 13.2. The molecule has 2 rings (SSSR count). The third-order valence-corrected chi connectivity index (χ3v) is 3.53. The lowest BCUT2D eigenvalue weighted by Gasteiger charge is -2.12. The summed E-state index contributed by atoms with van der Waals surface area (Å²) in [5.41, 5.74) is 4.03. The van der Waals surface area contributed by atoms with Crippen LogP contribution in [-0.2, 0) is 4.79 Å². The number of thiophene rings is 1. The predicted molar refractivity (Wildman–Crippen MR) is 89.6 cm³/mol. The molecule has 2 amide bonds. The van der Waals surface area contributed by atoms with Crippen molar-refractivity contribution in [2.24, 2.45) is 0 Å². The van der Waals surface area contributed by atoms with E-state index in [-0.39, 0.29) is 11.8 Å². The molecule has 0 fully saturated rings. The van der Waals surface area contributed by atoms with E-state index >= 15 is 0 Å². The summed E-state index contributed by atoms with van der Waals surface area (Å²) in [6.07, 6.45) is 3.17. The van der Waals surface area contributed by atoms with Crippen LogP contribution in [0.2, 0.25) is 0 Å². The summed E-state index contributed by atoms with van der Waals surface area (Å²) in [7, 11) is 3.45. The van der Waals surface area contributed by atoms with Gasteiger partial charge in [0.15, 0.2) is 0 Å². The van der Waals surface area contributed by atoms with Gasteiger partial charge >= 0.3 is 0 Å². The third kappa shape index (κ3) is 4.54. The van der Waals surface area contributed by atoms with Crippen molar-refractivity contribution in [2.75, 3.05) is 19.4 Å². The van der Waals surface area contributed by atoms with Crippen molar-refractivity contribution in [2.45, 2.75) is 0 Å². The van der Waals surface area contributed by atoms with Gasteiger partial charge in [-0.15, -0.1) is 11.3 Å². The van der Waals surface area contributed by atoms with Gasteiger partial charge in [-0.1, -0.05) is 30.3 Å². The topological polar surface area (TPSA) is 61.4 Å². The predicted octanol–water partition coefficient (Wildman–Crippen LogP) is 2.61. The second-order valence-electron chi connectivity index (χ2n) is 4.73. The molecule has 1 aromatic carbocycles. The van der Waals surface area contributed by atoms with E-state index in [1.54, 1.807) is 36.6 Å². The van der Waals surface area contributed by atoms with Crippen LogP contribution >= 0.6 is 11.3 Å². The smallest absolute Gasteiger partial charge is 0.268 e. The Morgan fingerprint density at radius 3 is 2.55 bits per heavy atom. The average Bonchev–Trinajstić information content (AvgIpc) is 2.94. The van der Waals surface area contributed by atoms with Gasteiger partial charge < -0.3 is 5.32 Å². The van der Waals surface area contributed by atoms with E-state index in [0.29, 0.717) is 10.6 Å². The third-order valence-electron chi connectivity index (χ3n) is 2.70. The van der Waals surface area contributed by atoms with Crippen LogP contribution in [0.3, 0.4) is 0 Å². The van der Waals surface area contributed by atoms with E-state index in [1.165, 1.54) is 17.4 Å². The average molecular weight is 315 g/mol. The van der Waals surface area contributed by atoms with Gasteiger partial charge in [0.1, 0.15) is 5.00 Å². The summed E-state index contributed by atoms with van der Waals surface area (Å²) < 4.78 is 0. The monoisotopic (exact) mass is 315 g/mol. The van der Waals surface area contributed by atoms with Crippen LogP contribution in [0.25, 0.3) is 6.08 Å². The molecule has 2 N–H and O–H groups in total. The standard InChI is InChI=1S/C16H17N3O2S/c1-19(2)18-15(21)13-10-11-22-16(13)17-14(20)9-8-12-6-4-3-5-7-12/h3-11H,1-2H3,(H,17,20)(H,18,21). The lowest BCUT2D eigenvalue weighted by Crippen LogP contribution is -2.36. The summed E-state index contributed by atoms with van der Waals surface area (Å²) in [5.74, 6) is -0.529. The van der Waals surface area contributed by atoms with E-state index in [1.807, 2.05) is 30.3 Å². The van der Waals surface area contributed by atoms with Gasteiger partial charge in [-0.2, -0.15) is 0 Å². The number of carbonyl (C=O) groups excluding carboxylic acids is 2. The molecule has 114 valence electrons. The molecule has 6 heteroatoms. The zero-order chi connectivity index (χ0) is 15.9. The largest absolute Gasteiger partial charge is 0.313 e. The second kappa shape index (κ2) is 7.53. The fourth-order valence-electron chi connectivity index (χ4n) is 1.74. The molecule has 0 bridgehead atoms. The maximum absolute atomic E-state index is 12.0. The Labute approximate surface area is 133 Å². The molecule has 0 atom stereocenters. The first-order chi connectivity index (χ1) is 10.6. The van der Waals surface area contributed by atoms with Crippen LogP contribution in [0.4, 0.5) is 5.00 Å². The van der Waals surface area contributed by atoms with Crippen LogP contribution in [0.1, 0.15) is 15.9 Å². The van der Waals surface area contributed by atoms with Crippen molar-refractivity contribution >= 4 is 34.2 Å². The van der Waals surface area contributed by atoms with Crippen molar-refractivity contribution in [1.29, 1.82) is 0 Å². The van der Waals surface area contributed by atoms with Gasteiger partial charge in [0.2, 0.25) is 5.91 Å². The van der Waals surface area contributed by atoms with Crippen molar-refractivity contribution in [3.05, 3.63) is 59.0 Å². The first kappa shape index (κ1) is 15.9. The summed E-state index contributed by atoms with van der Waals surface area (Å²) in [6.45, 7) is 0. The molecular formula is C16H17N3O2S. The fourth-order valence-corrected chi connectivity index (χ4v) is 2.53. The van der Waals surface area contributed by atoms with Gasteiger partial charge in [0.05, 0.1) is 5.56 Å². The number of rotatable bonds is 5. The maximum Gasteiger partial charge on any atom is 0.268 e. The first-order valence-electron chi connectivity index (χ1n) is 6.66. The van der Waals surface area contributed by atoms with E-state index in [9.17, 15) is 9.59 Å². The molecule has 0 aliphatic heterocycles. The van der Waals surface area contributed by atoms with Gasteiger partial charge in [0.25, 0.3) is 5.91 Å². The highest BCUT2D eigenvalue weighted by atomic mass is 32.1. The van der Waals surface area contributed by atoms with E-state index in [0.717, 1.165) is 5.56 Å². The van der Waals surface area contributed by atoms with Crippen molar-refractivity contribution < 1.29 is 9.59 Å². The molecule has 22 heavy (non-hydrogen) atoms. The number of carbonyl (C=O) groups is 2. The van der Waals surface area contributed by atoms with Crippen LogP contribution < -0.4 is 10.7 Å². The molecule has 1 heterocycles. The number of benzene rings is 1. The molecule has 0 spiro atoms. The summed E-state index contributed by atoms with van der Waals surface area (Å²) in [5, 5.41) is 6.58. The highest BCUT2D eigenvalue weighted by Crippen LogP contribution is 2.23. The summed E-state index contributed by atoms with van der Waals surface area (Å²) in [6, 6.07) is 11.2. The number of nitrogens with zero attached hydrogens (tertiary/aromatic N) is 1. The molecule has 2 aromatic rings. The minimum Gasteiger partial charge on any atom is -0.313 e. The maximum atomic E-state index is 12.0. The van der Waals surface area contributed by atoms with Crippen molar-refractivity contribution in [3.63, 3.8) is 0 Å². The molecule has 0 radical (unpaired) electrons. The number of amides is 2. The van der Waals surface area contributed by atoms with E-state index in [4.69, 9.17) is 0 Å². The van der Waals surface area contributed by atoms with Gasteiger partial charge in [-0.3, -0.25) is 15.0 Å². The van der Waals surface area contributed by atoms with Gasteiger partial charge in [0, 0.05) is 20.2 Å². The Balaban J connectivity index is 2.02. The molecule has 1 aromatic heterocycles. The minimum atomic E-state index is -0.273. The Kier molecular flexibility index (Phi) is 5.46. The Hall–Kier alpha value is -2.44. The minimum absolute atomic E-state index is 0.256. The quantitative estimate of drug-likeness (QED) is 0.658. The van der Waals surface area contributed by atoms with E-state index in [2.05, 4.69) is 10.7 Å². The zero-order valence-electron chi connectivity index (χ0n) is 12.4. The molecule has 0 unspecified atom stereocenters. The highest BCUT2D eigenvalue weighted by molar-refractivity contribution is 7.14.